The summed E-state index contributed by atoms with van der Waals surface area (Å²) in [5.41, 5.74) is 0.444. The lowest BCUT2D eigenvalue weighted by Gasteiger charge is -2.35. The van der Waals surface area contributed by atoms with Crippen molar-refractivity contribution in [2.75, 3.05) is 6.61 Å². The number of rotatable bonds is 5. The van der Waals surface area contributed by atoms with Gasteiger partial charge in [0, 0.05) is 6.42 Å². The van der Waals surface area contributed by atoms with Crippen LogP contribution in [-0.4, -0.2) is 29.5 Å². The SMILES string of the molecule is OC1C=CC=CC1(C[C@H]1CO1)OCc1ccccc1. The minimum atomic E-state index is -0.661. The van der Waals surface area contributed by atoms with Crippen molar-refractivity contribution < 1.29 is 14.6 Å². The van der Waals surface area contributed by atoms with Gasteiger partial charge in [0.15, 0.2) is 0 Å². The molecule has 0 amide bonds. The van der Waals surface area contributed by atoms with Crippen LogP contribution in [0.5, 0.6) is 0 Å². The van der Waals surface area contributed by atoms with Gasteiger partial charge in [0.1, 0.15) is 11.7 Å². The van der Waals surface area contributed by atoms with Crippen LogP contribution in [0.1, 0.15) is 12.0 Å². The zero-order valence-corrected chi connectivity index (χ0v) is 10.7. The summed E-state index contributed by atoms with van der Waals surface area (Å²) in [6.07, 6.45) is 7.78. The molecule has 1 fully saturated rings. The summed E-state index contributed by atoms with van der Waals surface area (Å²) in [6, 6.07) is 10.0. The Hall–Kier alpha value is -1.42. The van der Waals surface area contributed by atoms with Gasteiger partial charge >= 0.3 is 0 Å². The minimum Gasteiger partial charge on any atom is -0.386 e. The molecule has 1 aromatic carbocycles. The predicted octanol–water partition coefficient (Wildman–Crippen LogP) is 2.22. The molecular weight excluding hydrogens is 240 g/mol. The largest absolute Gasteiger partial charge is 0.386 e. The van der Waals surface area contributed by atoms with Gasteiger partial charge in [0.05, 0.1) is 19.3 Å². The highest BCUT2D eigenvalue weighted by Crippen LogP contribution is 2.33. The van der Waals surface area contributed by atoms with Crippen LogP contribution in [0.15, 0.2) is 54.6 Å². The average Bonchev–Trinajstić information content (AvgIpc) is 3.25. The summed E-state index contributed by atoms with van der Waals surface area (Å²) in [7, 11) is 0. The highest BCUT2D eigenvalue weighted by Gasteiger charge is 2.42. The Balaban J connectivity index is 1.72. The van der Waals surface area contributed by atoms with E-state index < -0.39 is 11.7 Å². The Morgan fingerprint density at radius 2 is 2.05 bits per heavy atom. The number of ether oxygens (including phenoxy) is 2. The van der Waals surface area contributed by atoms with E-state index in [1.165, 1.54) is 0 Å². The molecule has 1 N–H and O–H groups in total. The topological polar surface area (TPSA) is 42.0 Å². The first-order chi connectivity index (χ1) is 9.28. The molecule has 3 nitrogen and oxygen atoms in total. The van der Waals surface area contributed by atoms with Crippen LogP contribution in [0.2, 0.25) is 0 Å². The number of allylic oxidation sites excluding steroid dienone is 2. The number of hydrogen-bond donors (Lipinski definition) is 1. The van der Waals surface area contributed by atoms with E-state index >= 15 is 0 Å². The van der Waals surface area contributed by atoms with Gasteiger partial charge < -0.3 is 14.6 Å². The van der Waals surface area contributed by atoms with Gasteiger partial charge in [-0.15, -0.1) is 0 Å². The Morgan fingerprint density at radius 3 is 2.74 bits per heavy atom. The van der Waals surface area contributed by atoms with Crippen molar-refractivity contribution in [2.24, 2.45) is 0 Å². The second kappa shape index (κ2) is 5.29. The lowest BCUT2D eigenvalue weighted by atomic mass is 9.87. The zero-order valence-electron chi connectivity index (χ0n) is 10.7. The summed E-state index contributed by atoms with van der Waals surface area (Å²) in [6.45, 7) is 1.25. The van der Waals surface area contributed by atoms with Gasteiger partial charge in [-0.25, -0.2) is 0 Å². The molecule has 1 aliphatic heterocycles. The summed E-state index contributed by atoms with van der Waals surface area (Å²) < 4.78 is 11.3. The fourth-order valence-electron chi connectivity index (χ4n) is 2.36. The molecule has 3 atom stereocenters. The first-order valence-corrected chi connectivity index (χ1v) is 6.62. The summed E-state index contributed by atoms with van der Waals surface area (Å²) in [5.74, 6) is 0. The Labute approximate surface area is 113 Å². The van der Waals surface area contributed by atoms with Crippen molar-refractivity contribution >= 4 is 0 Å². The van der Waals surface area contributed by atoms with Crippen LogP contribution in [0, 0.1) is 0 Å². The fourth-order valence-corrected chi connectivity index (χ4v) is 2.36. The van der Waals surface area contributed by atoms with Crippen molar-refractivity contribution in [3.63, 3.8) is 0 Å². The molecule has 0 spiro atoms. The Bertz CT molecular complexity index is 476. The van der Waals surface area contributed by atoms with Crippen molar-refractivity contribution in [1.82, 2.24) is 0 Å². The van der Waals surface area contributed by atoms with E-state index in [2.05, 4.69) is 0 Å². The number of aliphatic hydroxyl groups is 1. The third-order valence-electron chi connectivity index (χ3n) is 3.58. The van der Waals surface area contributed by atoms with Crippen LogP contribution >= 0.6 is 0 Å². The number of hydrogen-bond acceptors (Lipinski definition) is 3. The molecule has 3 heteroatoms. The van der Waals surface area contributed by atoms with Crippen molar-refractivity contribution in [2.45, 2.75) is 30.8 Å². The Kier molecular flexibility index (Phi) is 3.51. The lowest BCUT2D eigenvalue weighted by Crippen LogP contribution is -2.44. The summed E-state index contributed by atoms with van der Waals surface area (Å²) >= 11 is 0. The van der Waals surface area contributed by atoms with Gasteiger partial charge in [-0.3, -0.25) is 0 Å². The first-order valence-electron chi connectivity index (χ1n) is 6.62. The van der Waals surface area contributed by atoms with E-state index in [1.807, 2.05) is 48.6 Å². The van der Waals surface area contributed by atoms with Crippen LogP contribution in [0.3, 0.4) is 0 Å². The lowest BCUT2D eigenvalue weighted by molar-refractivity contribution is -0.0918. The van der Waals surface area contributed by atoms with Gasteiger partial charge in [0.2, 0.25) is 0 Å². The number of epoxide rings is 1. The fraction of sp³-hybridized carbons (Fsp3) is 0.375. The zero-order chi connectivity index (χ0) is 13.1. The van der Waals surface area contributed by atoms with Crippen LogP contribution in [0.4, 0.5) is 0 Å². The molecule has 3 rings (SSSR count). The third-order valence-corrected chi connectivity index (χ3v) is 3.58. The molecule has 0 aromatic heterocycles. The normalized spacial score (nSPS) is 32.5. The van der Waals surface area contributed by atoms with Gasteiger partial charge in [0.25, 0.3) is 0 Å². The maximum absolute atomic E-state index is 10.3. The minimum absolute atomic E-state index is 0.210. The monoisotopic (exact) mass is 258 g/mol. The van der Waals surface area contributed by atoms with E-state index in [0.29, 0.717) is 13.0 Å². The summed E-state index contributed by atoms with van der Waals surface area (Å²) in [4.78, 5) is 0. The van der Waals surface area contributed by atoms with E-state index in [1.54, 1.807) is 6.08 Å². The van der Waals surface area contributed by atoms with Gasteiger partial charge in [-0.05, 0) is 11.6 Å². The average molecular weight is 258 g/mol. The highest BCUT2D eigenvalue weighted by molar-refractivity contribution is 5.24. The quantitative estimate of drug-likeness (QED) is 0.823. The first kappa shape index (κ1) is 12.6. The molecule has 0 bridgehead atoms. The van der Waals surface area contributed by atoms with E-state index in [-0.39, 0.29) is 6.10 Å². The molecule has 1 saturated heterocycles. The van der Waals surface area contributed by atoms with E-state index in [0.717, 1.165) is 12.2 Å². The van der Waals surface area contributed by atoms with Gasteiger partial charge in [-0.1, -0.05) is 48.6 Å². The third kappa shape index (κ3) is 2.95. The molecular formula is C16H18O3. The molecule has 100 valence electrons. The van der Waals surface area contributed by atoms with Crippen LogP contribution in [-0.2, 0) is 16.1 Å². The standard InChI is InChI=1S/C16H18O3/c17-15-8-4-5-9-16(15,10-14-12-18-14)19-11-13-6-2-1-3-7-13/h1-9,14-15,17H,10-12H2/t14-,15?,16?/m0/s1. The van der Waals surface area contributed by atoms with Gasteiger partial charge in [-0.2, -0.15) is 0 Å². The van der Waals surface area contributed by atoms with Crippen molar-refractivity contribution in [3.05, 3.63) is 60.2 Å². The molecule has 19 heavy (non-hydrogen) atoms. The maximum Gasteiger partial charge on any atom is 0.119 e. The smallest absolute Gasteiger partial charge is 0.119 e. The van der Waals surface area contributed by atoms with Crippen molar-refractivity contribution in [3.8, 4) is 0 Å². The van der Waals surface area contributed by atoms with Crippen LogP contribution in [0.25, 0.3) is 0 Å². The second-order valence-electron chi connectivity index (χ2n) is 5.08. The molecule has 1 heterocycles. The summed E-state index contributed by atoms with van der Waals surface area (Å²) in [5, 5.41) is 10.3. The molecule has 2 unspecified atom stereocenters. The number of aliphatic hydroxyl groups excluding tert-OH is 1. The van der Waals surface area contributed by atoms with E-state index in [9.17, 15) is 5.11 Å². The van der Waals surface area contributed by atoms with E-state index in [4.69, 9.17) is 9.47 Å². The molecule has 0 radical (unpaired) electrons. The number of benzene rings is 1. The second-order valence-corrected chi connectivity index (χ2v) is 5.08. The Morgan fingerprint density at radius 1 is 1.26 bits per heavy atom. The molecule has 1 aromatic rings. The molecule has 0 saturated carbocycles. The maximum atomic E-state index is 10.3. The highest BCUT2D eigenvalue weighted by atomic mass is 16.6. The molecule has 1 aliphatic carbocycles. The van der Waals surface area contributed by atoms with Crippen LogP contribution < -0.4 is 0 Å². The molecule has 2 aliphatic rings. The predicted molar refractivity (Wildman–Crippen MR) is 72.6 cm³/mol. The van der Waals surface area contributed by atoms with Crippen molar-refractivity contribution in [1.29, 1.82) is 0 Å².